The first kappa shape index (κ1) is 13.6. The minimum Gasteiger partial charge on any atom is -0.307 e. The second-order valence-corrected chi connectivity index (χ2v) is 3.73. The first-order chi connectivity index (χ1) is 7.08. The molecular formula is C8H10F6O2. The molecule has 4 atom stereocenters. The fourth-order valence-corrected chi connectivity index (χ4v) is 1.43. The van der Waals surface area contributed by atoms with Crippen LogP contribution >= 0.6 is 0 Å². The lowest BCUT2D eigenvalue weighted by atomic mass is 9.80. The fourth-order valence-electron chi connectivity index (χ4n) is 1.43. The molecule has 0 amide bonds. The number of alkyl halides is 6. The van der Waals surface area contributed by atoms with Crippen molar-refractivity contribution in [2.24, 2.45) is 0 Å². The quantitative estimate of drug-likeness (QED) is 0.716. The van der Waals surface area contributed by atoms with E-state index >= 15 is 0 Å². The molecule has 1 aliphatic rings. The van der Waals surface area contributed by atoms with Crippen LogP contribution in [0.25, 0.3) is 0 Å². The molecule has 1 fully saturated rings. The molecule has 0 N–H and O–H groups in total. The molecule has 8 heteroatoms. The van der Waals surface area contributed by atoms with Crippen molar-refractivity contribution < 1.29 is 35.8 Å². The van der Waals surface area contributed by atoms with E-state index in [1.165, 1.54) is 0 Å². The Labute approximate surface area is 87.5 Å². The summed E-state index contributed by atoms with van der Waals surface area (Å²) >= 11 is 0. The van der Waals surface area contributed by atoms with E-state index < -0.39 is 36.8 Å². The van der Waals surface area contributed by atoms with Crippen LogP contribution < -0.4 is 0 Å². The lowest BCUT2D eigenvalue weighted by Crippen LogP contribution is -2.81. The molecule has 1 aliphatic heterocycles. The molecule has 0 aromatic carbocycles. The number of hydrogen-bond acceptors (Lipinski definition) is 2. The highest BCUT2D eigenvalue weighted by atomic mass is 19.2. The molecule has 0 radical (unpaired) electrons. The van der Waals surface area contributed by atoms with E-state index in [0.29, 0.717) is 13.8 Å². The van der Waals surface area contributed by atoms with Crippen LogP contribution in [0.5, 0.6) is 0 Å². The Morgan fingerprint density at radius 3 is 1.94 bits per heavy atom. The Kier molecular flexibility index (Phi) is 2.96. The largest absolute Gasteiger partial charge is 0.313 e. The summed E-state index contributed by atoms with van der Waals surface area (Å²) in [6.45, 7) is -3.29. The average molecular weight is 252 g/mol. The van der Waals surface area contributed by atoms with Gasteiger partial charge in [-0.25, -0.2) is 26.3 Å². The van der Waals surface area contributed by atoms with Crippen LogP contribution in [-0.4, -0.2) is 36.8 Å². The summed E-state index contributed by atoms with van der Waals surface area (Å²) in [7, 11) is 0. The van der Waals surface area contributed by atoms with E-state index in [1.807, 2.05) is 0 Å². The van der Waals surface area contributed by atoms with Crippen molar-refractivity contribution >= 4 is 0 Å². The summed E-state index contributed by atoms with van der Waals surface area (Å²) in [6.07, 6.45) is 0. The topological polar surface area (TPSA) is 18.5 Å². The molecular weight excluding hydrogens is 242 g/mol. The predicted molar refractivity (Wildman–Crippen MR) is 40.8 cm³/mol. The molecule has 1 saturated heterocycles. The van der Waals surface area contributed by atoms with E-state index in [1.54, 1.807) is 0 Å². The molecule has 1 heterocycles. The Morgan fingerprint density at radius 2 is 1.69 bits per heavy atom. The van der Waals surface area contributed by atoms with Gasteiger partial charge in [-0.1, -0.05) is 0 Å². The van der Waals surface area contributed by atoms with Gasteiger partial charge in [0.25, 0.3) is 0 Å². The van der Waals surface area contributed by atoms with Gasteiger partial charge in [0.15, 0.2) is 13.5 Å². The monoisotopic (exact) mass is 252 g/mol. The van der Waals surface area contributed by atoms with Crippen molar-refractivity contribution in [2.45, 2.75) is 37.1 Å². The minimum atomic E-state index is -4.04. The fraction of sp³-hybridized carbons (Fsp3) is 1.00. The summed E-state index contributed by atoms with van der Waals surface area (Å²) in [5.74, 6) is -11.2. The number of halogens is 6. The third kappa shape index (κ3) is 1.35. The van der Waals surface area contributed by atoms with Crippen LogP contribution in [0.3, 0.4) is 0 Å². The van der Waals surface area contributed by atoms with Gasteiger partial charge in [0.05, 0.1) is 0 Å². The summed E-state index contributed by atoms with van der Waals surface area (Å²) in [4.78, 5) is 0. The molecule has 2 nitrogen and oxygen atoms in total. The van der Waals surface area contributed by atoms with Crippen LogP contribution in [0.2, 0.25) is 0 Å². The van der Waals surface area contributed by atoms with E-state index in [0.717, 1.165) is 0 Å². The molecule has 0 spiro atoms. The lowest BCUT2D eigenvalue weighted by molar-refractivity contribution is -0.519. The average Bonchev–Trinajstić information content (AvgIpc) is 2.16. The molecule has 0 aromatic rings. The second-order valence-electron chi connectivity index (χ2n) is 3.73. The van der Waals surface area contributed by atoms with Crippen molar-refractivity contribution in [2.75, 3.05) is 13.5 Å². The highest BCUT2D eigenvalue weighted by molar-refractivity contribution is 5.15. The molecule has 0 saturated carbocycles. The van der Waals surface area contributed by atoms with Gasteiger partial charge in [0.2, 0.25) is 11.5 Å². The van der Waals surface area contributed by atoms with Gasteiger partial charge in [-0.2, -0.15) is 0 Å². The van der Waals surface area contributed by atoms with Crippen LogP contribution in [-0.2, 0) is 9.47 Å². The third-order valence-corrected chi connectivity index (χ3v) is 2.71. The molecule has 4 unspecified atom stereocenters. The molecule has 1 rings (SSSR count). The van der Waals surface area contributed by atoms with Gasteiger partial charge >= 0.3 is 11.7 Å². The van der Waals surface area contributed by atoms with Gasteiger partial charge in [-0.15, -0.1) is 0 Å². The third-order valence-electron chi connectivity index (χ3n) is 2.71. The maximum Gasteiger partial charge on any atom is 0.313 e. The first-order valence-electron chi connectivity index (χ1n) is 4.30. The maximum absolute atomic E-state index is 13.7. The number of rotatable bonds is 4. The standard InChI is InChI=1S/C8H10F6O2/c1-5(11)6(2,12)16-8(5,14)7(13,3-9)15-4-10/h3-4H2,1-2H3. The molecule has 0 aromatic heterocycles. The van der Waals surface area contributed by atoms with E-state index in [9.17, 15) is 26.3 Å². The molecule has 0 bridgehead atoms. The van der Waals surface area contributed by atoms with Gasteiger partial charge < -0.3 is 4.74 Å². The summed E-state index contributed by atoms with van der Waals surface area (Å²) in [5, 5.41) is 0. The minimum absolute atomic E-state index is 0.335. The van der Waals surface area contributed by atoms with E-state index in [-0.39, 0.29) is 0 Å². The maximum atomic E-state index is 13.7. The van der Waals surface area contributed by atoms with E-state index in [2.05, 4.69) is 9.47 Å². The van der Waals surface area contributed by atoms with Gasteiger partial charge in [0.1, 0.15) is 0 Å². The first-order valence-corrected chi connectivity index (χ1v) is 4.30. The molecule has 16 heavy (non-hydrogen) atoms. The van der Waals surface area contributed by atoms with Crippen molar-refractivity contribution in [3.63, 3.8) is 0 Å². The summed E-state index contributed by atoms with van der Waals surface area (Å²) < 4.78 is 85.0. The van der Waals surface area contributed by atoms with Crippen molar-refractivity contribution in [1.82, 2.24) is 0 Å². The normalized spacial score (nSPS) is 47.2. The molecule has 0 aliphatic carbocycles. The zero-order valence-corrected chi connectivity index (χ0v) is 8.50. The summed E-state index contributed by atoms with van der Waals surface area (Å²) in [5.41, 5.74) is -3.50. The van der Waals surface area contributed by atoms with Gasteiger partial charge in [-0.05, 0) is 13.8 Å². The second kappa shape index (κ2) is 3.49. The van der Waals surface area contributed by atoms with Crippen LogP contribution in [0, 0.1) is 0 Å². The Morgan fingerprint density at radius 1 is 1.19 bits per heavy atom. The van der Waals surface area contributed by atoms with E-state index in [4.69, 9.17) is 0 Å². The van der Waals surface area contributed by atoms with Crippen LogP contribution in [0.15, 0.2) is 0 Å². The Bertz CT molecular complexity index is 284. The van der Waals surface area contributed by atoms with Crippen molar-refractivity contribution in [3.8, 4) is 0 Å². The smallest absolute Gasteiger partial charge is 0.307 e. The summed E-state index contributed by atoms with van der Waals surface area (Å²) in [6, 6.07) is 0. The van der Waals surface area contributed by atoms with Crippen LogP contribution in [0.1, 0.15) is 13.8 Å². The zero-order chi connectivity index (χ0) is 12.8. The molecule has 96 valence electrons. The van der Waals surface area contributed by atoms with Gasteiger partial charge in [-0.3, -0.25) is 4.74 Å². The van der Waals surface area contributed by atoms with Crippen molar-refractivity contribution in [3.05, 3.63) is 0 Å². The highest BCUT2D eigenvalue weighted by Crippen LogP contribution is 2.60. The number of hydrogen-bond donors (Lipinski definition) is 0. The Balaban J connectivity index is 3.04. The SMILES string of the molecule is CC1(F)OC(F)(C(F)(CF)OCF)C1(C)F. The Hall–Kier alpha value is -0.500. The van der Waals surface area contributed by atoms with Gasteiger partial charge in [0, 0.05) is 0 Å². The highest BCUT2D eigenvalue weighted by Gasteiger charge is 2.85. The lowest BCUT2D eigenvalue weighted by Gasteiger charge is -2.57. The predicted octanol–water partition coefficient (Wildman–Crippen LogP) is 2.68. The zero-order valence-electron chi connectivity index (χ0n) is 8.50. The number of ether oxygens (including phenoxy) is 2. The van der Waals surface area contributed by atoms with Crippen LogP contribution in [0.4, 0.5) is 26.3 Å². The van der Waals surface area contributed by atoms with Crippen molar-refractivity contribution in [1.29, 1.82) is 0 Å².